The second-order valence-corrected chi connectivity index (χ2v) is 5.90. The molecule has 2 amide bonds. The number of hydrogen-bond donors (Lipinski definition) is 1. The number of amides is 2. The molecule has 0 unspecified atom stereocenters. The van der Waals surface area contributed by atoms with Crippen LogP contribution in [0.1, 0.15) is 24.4 Å². The van der Waals surface area contributed by atoms with Gasteiger partial charge < -0.3 is 19.7 Å². The van der Waals surface area contributed by atoms with Gasteiger partial charge in [-0.15, -0.1) is 0 Å². The lowest BCUT2D eigenvalue weighted by atomic mass is 10.0. The number of carbonyl (C=O) groups excluding carboxylic acids is 1. The van der Waals surface area contributed by atoms with Crippen LogP contribution < -0.4 is 14.8 Å². The molecular weight excluding hydrogens is 311 g/mol. The Bertz CT molecular complexity index is 781. The van der Waals surface area contributed by atoms with Crippen molar-refractivity contribution in [3.63, 3.8) is 0 Å². The minimum absolute atomic E-state index is 0.102. The maximum Gasteiger partial charge on any atom is 0.322 e. The normalized spacial score (nSPS) is 18.7. The molecule has 1 atom stereocenters. The Morgan fingerprint density at radius 2 is 2.04 bits per heavy atom. The quantitative estimate of drug-likeness (QED) is 0.909. The van der Waals surface area contributed by atoms with Gasteiger partial charge in [0.15, 0.2) is 11.5 Å². The van der Waals surface area contributed by atoms with E-state index >= 15 is 0 Å². The van der Waals surface area contributed by atoms with Crippen LogP contribution >= 0.6 is 0 Å². The van der Waals surface area contributed by atoms with Crippen LogP contribution in [0.5, 0.6) is 11.5 Å². The van der Waals surface area contributed by atoms with Crippen LogP contribution in [0.15, 0.2) is 42.5 Å². The van der Waals surface area contributed by atoms with Crippen molar-refractivity contribution in [3.8, 4) is 11.5 Å². The van der Waals surface area contributed by atoms with E-state index in [4.69, 9.17) is 9.47 Å². The Hall–Kier alpha value is -2.76. The van der Waals surface area contributed by atoms with Crippen molar-refractivity contribution < 1.29 is 18.7 Å². The molecule has 2 aliphatic heterocycles. The smallest absolute Gasteiger partial charge is 0.322 e. The first-order valence-corrected chi connectivity index (χ1v) is 7.93. The number of nitrogens with zero attached hydrogens (tertiary/aromatic N) is 1. The number of anilines is 1. The molecule has 6 heteroatoms. The standard InChI is InChI=1S/C18H17FN2O3/c19-13-4-1-3-12(9-13)15-5-2-8-21(15)18(22)20-14-6-7-16-17(10-14)24-11-23-16/h1,3-4,6-7,9-10,15H,2,5,8,11H2,(H,20,22)/t15-/m0/s1. The lowest BCUT2D eigenvalue weighted by Crippen LogP contribution is -2.34. The zero-order valence-electron chi connectivity index (χ0n) is 13.0. The topological polar surface area (TPSA) is 50.8 Å². The van der Waals surface area contributed by atoms with Crippen molar-refractivity contribution in [2.24, 2.45) is 0 Å². The van der Waals surface area contributed by atoms with Crippen molar-refractivity contribution in [2.45, 2.75) is 18.9 Å². The first-order valence-electron chi connectivity index (χ1n) is 7.93. The average molecular weight is 328 g/mol. The molecular formula is C18H17FN2O3. The van der Waals surface area contributed by atoms with E-state index in [-0.39, 0.29) is 24.7 Å². The highest BCUT2D eigenvalue weighted by molar-refractivity contribution is 5.90. The third kappa shape index (κ3) is 2.75. The molecule has 0 bridgehead atoms. The number of ether oxygens (including phenoxy) is 2. The zero-order chi connectivity index (χ0) is 16.5. The number of benzene rings is 2. The van der Waals surface area contributed by atoms with Gasteiger partial charge in [0.25, 0.3) is 0 Å². The SMILES string of the molecule is O=C(Nc1ccc2c(c1)OCO2)N1CCC[C@H]1c1cccc(F)c1. The second-order valence-electron chi connectivity index (χ2n) is 5.90. The molecule has 5 nitrogen and oxygen atoms in total. The molecule has 4 rings (SSSR count). The minimum atomic E-state index is -0.282. The van der Waals surface area contributed by atoms with Crippen molar-refractivity contribution in [3.05, 3.63) is 53.8 Å². The van der Waals surface area contributed by atoms with Gasteiger partial charge in [0, 0.05) is 18.3 Å². The number of hydrogen-bond acceptors (Lipinski definition) is 3. The highest BCUT2D eigenvalue weighted by Crippen LogP contribution is 2.36. The fourth-order valence-corrected chi connectivity index (χ4v) is 3.24. The van der Waals surface area contributed by atoms with Gasteiger partial charge in [-0.05, 0) is 42.7 Å². The summed E-state index contributed by atoms with van der Waals surface area (Å²) in [5.41, 5.74) is 1.47. The Kier molecular flexibility index (Phi) is 3.72. The predicted molar refractivity (Wildman–Crippen MR) is 86.7 cm³/mol. The summed E-state index contributed by atoms with van der Waals surface area (Å²) in [5.74, 6) is 1.01. The molecule has 1 N–H and O–H groups in total. The summed E-state index contributed by atoms with van der Waals surface area (Å²) in [6.45, 7) is 0.845. The number of urea groups is 1. The van der Waals surface area contributed by atoms with Crippen LogP contribution in [0.3, 0.4) is 0 Å². The fraction of sp³-hybridized carbons (Fsp3) is 0.278. The summed E-state index contributed by atoms with van der Waals surface area (Å²) in [4.78, 5) is 14.4. The number of likely N-dealkylation sites (tertiary alicyclic amines) is 1. The van der Waals surface area contributed by atoms with E-state index in [0.29, 0.717) is 23.7 Å². The summed E-state index contributed by atoms with van der Waals surface area (Å²) in [6, 6.07) is 11.4. The van der Waals surface area contributed by atoms with Gasteiger partial charge in [-0.2, -0.15) is 0 Å². The summed E-state index contributed by atoms with van der Waals surface area (Å²) in [7, 11) is 0. The minimum Gasteiger partial charge on any atom is -0.454 e. The molecule has 2 aromatic carbocycles. The molecule has 0 aliphatic carbocycles. The molecule has 1 fully saturated rings. The molecule has 0 saturated carbocycles. The number of halogens is 1. The van der Waals surface area contributed by atoms with Crippen LogP contribution in [0, 0.1) is 5.82 Å². The van der Waals surface area contributed by atoms with Crippen LogP contribution in [0.4, 0.5) is 14.9 Å². The molecule has 1 saturated heterocycles. The fourth-order valence-electron chi connectivity index (χ4n) is 3.24. The van der Waals surface area contributed by atoms with Gasteiger partial charge in [-0.25, -0.2) is 9.18 Å². The largest absolute Gasteiger partial charge is 0.454 e. The number of nitrogens with one attached hydrogen (secondary N) is 1. The maximum atomic E-state index is 13.5. The van der Waals surface area contributed by atoms with Crippen LogP contribution in [-0.4, -0.2) is 24.3 Å². The summed E-state index contributed by atoms with van der Waals surface area (Å²) in [5, 5.41) is 2.89. The van der Waals surface area contributed by atoms with Gasteiger partial charge >= 0.3 is 6.03 Å². The summed E-state index contributed by atoms with van der Waals surface area (Å²) in [6.07, 6.45) is 1.73. The van der Waals surface area contributed by atoms with Crippen molar-refractivity contribution in [1.29, 1.82) is 0 Å². The van der Waals surface area contributed by atoms with Crippen LogP contribution in [0.2, 0.25) is 0 Å². The van der Waals surface area contributed by atoms with Gasteiger partial charge in [0.2, 0.25) is 6.79 Å². The zero-order valence-corrected chi connectivity index (χ0v) is 13.0. The van der Waals surface area contributed by atoms with Crippen LogP contribution in [-0.2, 0) is 0 Å². The number of fused-ring (bicyclic) bond motifs is 1. The van der Waals surface area contributed by atoms with E-state index in [1.807, 2.05) is 6.07 Å². The summed E-state index contributed by atoms with van der Waals surface area (Å²) < 4.78 is 24.1. The van der Waals surface area contributed by atoms with E-state index in [0.717, 1.165) is 18.4 Å². The lowest BCUT2D eigenvalue weighted by molar-refractivity contribution is 0.174. The molecule has 0 spiro atoms. The number of carbonyl (C=O) groups is 1. The van der Waals surface area contributed by atoms with Crippen molar-refractivity contribution >= 4 is 11.7 Å². The van der Waals surface area contributed by atoms with E-state index in [1.165, 1.54) is 12.1 Å². The predicted octanol–water partition coefficient (Wildman–Crippen LogP) is 3.92. The van der Waals surface area contributed by atoms with Gasteiger partial charge in [-0.3, -0.25) is 0 Å². The highest BCUT2D eigenvalue weighted by atomic mass is 19.1. The van der Waals surface area contributed by atoms with E-state index < -0.39 is 0 Å². The Labute approximate surface area is 139 Å². The molecule has 0 aromatic heterocycles. The van der Waals surface area contributed by atoms with Crippen LogP contribution in [0.25, 0.3) is 0 Å². The first kappa shape index (κ1) is 14.8. The molecule has 2 aromatic rings. The number of rotatable bonds is 2. The molecule has 2 heterocycles. The van der Waals surface area contributed by atoms with E-state index in [9.17, 15) is 9.18 Å². The third-order valence-corrected chi connectivity index (χ3v) is 4.37. The third-order valence-electron chi connectivity index (χ3n) is 4.37. The average Bonchev–Trinajstić information content (AvgIpc) is 3.23. The monoisotopic (exact) mass is 328 g/mol. The molecule has 0 radical (unpaired) electrons. The Morgan fingerprint density at radius 1 is 1.17 bits per heavy atom. The lowest BCUT2D eigenvalue weighted by Gasteiger charge is -2.25. The van der Waals surface area contributed by atoms with Gasteiger partial charge in [0.1, 0.15) is 5.82 Å². The van der Waals surface area contributed by atoms with Crippen molar-refractivity contribution in [2.75, 3.05) is 18.7 Å². The highest BCUT2D eigenvalue weighted by Gasteiger charge is 2.30. The molecule has 2 aliphatic rings. The summed E-state index contributed by atoms with van der Waals surface area (Å²) >= 11 is 0. The first-order chi connectivity index (χ1) is 11.7. The molecule has 24 heavy (non-hydrogen) atoms. The second kappa shape index (κ2) is 6.03. The Morgan fingerprint density at radius 3 is 2.92 bits per heavy atom. The van der Waals surface area contributed by atoms with E-state index in [1.54, 1.807) is 29.2 Å². The van der Waals surface area contributed by atoms with Crippen molar-refractivity contribution in [1.82, 2.24) is 4.90 Å². The van der Waals surface area contributed by atoms with Gasteiger partial charge in [0.05, 0.1) is 6.04 Å². The maximum absolute atomic E-state index is 13.5. The van der Waals surface area contributed by atoms with E-state index in [2.05, 4.69) is 5.32 Å². The molecule has 124 valence electrons. The Balaban J connectivity index is 1.51. The van der Waals surface area contributed by atoms with Gasteiger partial charge in [-0.1, -0.05) is 12.1 Å².